The highest BCUT2D eigenvalue weighted by molar-refractivity contribution is 6.34. The Hall–Kier alpha value is -3.16. The van der Waals surface area contributed by atoms with Gasteiger partial charge in [0.2, 0.25) is 0 Å². The molecule has 0 spiro atoms. The third kappa shape index (κ3) is 5.93. The summed E-state index contributed by atoms with van der Waals surface area (Å²) in [5, 5.41) is 10.2. The first kappa shape index (κ1) is 22.5. The molecule has 0 aliphatic carbocycles. The number of aromatic nitrogens is 2. The van der Waals surface area contributed by atoms with E-state index in [2.05, 4.69) is 15.7 Å². The molecule has 162 valence electrons. The standard InChI is InChI=1S/C23H25ClN4O3/c1-15-12-16(2)28(27-15)14-17-4-6-18(7-5-17)22(29)26-19-8-9-20(21(24)13-19)23(30)25-10-11-31-3/h4-9,12-13H,10-11,14H2,1-3H3,(H,25,30)(H,26,29). The zero-order chi connectivity index (χ0) is 22.4. The molecule has 0 saturated heterocycles. The normalized spacial score (nSPS) is 10.7. The molecular formula is C23H25ClN4O3. The average Bonchev–Trinajstić information content (AvgIpc) is 3.05. The van der Waals surface area contributed by atoms with Gasteiger partial charge < -0.3 is 15.4 Å². The number of carbonyl (C=O) groups is 2. The summed E-state index contributed by atoms with van der Waals surface area (Å²) in [7, 11) is 1.56. The maximum Gasteiger partial charge on any atom is 0.255 e. The van der Waals surface area contributed by atoms with Crippen LogP contribution in [0, 0.1) is 13.8 Å². The molecule has 8 heteroatoms. The second kappa shape index (κ2) is 10.2. The first-order chi connectivity index (χ1) is 14.9. The minimum absolute atomic E-state index is 0.257. The van der Waals surface area contributed by atoms with Crippen LogP contribution in [0.3, 0.4) is 0 Å². The fourth-order valence-corrected chi connectivity index (χ4v) is 3.38. The lowest BCUT2D eigenvalue weighted by Gasteiger charge is -2.10. The number of nitrogens with zero attached hydrogens (tertiary/aromatic N) is 2. The monoisotopic (exact) mass is 440 g/mol. The molecule has 2 aromatic carbocycles. The van der Waals surface area contributed by atoms with E-state index in [4.69, 9.17) is 16.3 Å². The van der Waals surface area contributed by atoms with E-state index in [9.17, 15) is 9.59 Å². The Balaban J connectivity index is 1.62. The molecule has 0 aliphatic heterocycles. The molecule has 3 aromatic rings. The van der Waals surface area contributed by atoms with Gasteiger partial charge in [-0.05, 0) is 55.8 Å². The van der Waals surface area contributed by atoms with Gasteiger partial charge in [-0.15, -0.1) is 0 Å². The number of hydrogen-bond acceptors (Lipinski definition) is 4. The van der Waals surface area contributed by atoms with Crippen molar-refractivity contribution in [3.05, 3.63) is 81.6 Å². The number of hydrogen-bond donors (Lipinski definition) is 2. The summed E-state index contributed by atoms with van der Waals surface area (Å²) in [5.41, 5.74) is 4.49. The molecule has 0 atom stereocenters. The number of methoxy groups -OCH3 is 1. The van der Waals surface area contributed by atoms with Crippen molar-refractivity contribution >= 4 is 29.1 Å². The lowest BCUT2D eigenvalue weighted by molar-refractivity contribution is 0.0936. The van der Waals surface area contributed by atoms with Gasteiger partial charge in [-0.25, -0.2) is 0 Å². The summed E-state index contributed by atoms with van der Waals surface area (Å²) in [6, 6.07) is 14.2. The van der Waals surface area contributed by atoms with Crippen LogP contribution < -0.4 is 10.6 Å². The molecule has 0 radical (unpaired) electrons. The Labute approximate surface area is 186 Å². The molecule has 0 aliphatic rings. The minimum atomic E-state index is -0.293. The van der Waals surface area contributed by atoms with Gasteiger partial charge in [0.05, 0.1) is 29.4 Å². The number of ether oxygens (including phenoxy) is 1. The van der Waals surface area contributed by atoms with Gasteiger partial charge in [-0.1, -0.05) is 23.7 Å². The lowest BCUT2D eigenvalue weighted by atomic mass is 10.1. The van der Waals surface area contributed by atoms with E-state index in [1.165, 1.54) is 0 Å². The third-order valence-corrected chi connectivity index (χ3v) is 5.03. The van der Waals surface area contributed by atoms with E-state index >= 15 is 0 Å². The number of nitrogens with one attached hydrogen (secondary N) is 2. The summed E-state index contributed by atoms with van der Waals surface area (Å²) < 4.78 is 6.84. The summed E-state index contributed by atoms with van der Waals surface area (Å²) >= 11 is 6.23. The fraction of sp³-hybridized carbons (Fsp3) is 0.261. The summed E-state index contributed by atoms with van der Waals surface area (Å²) in [6.45, 7) is 5.42. The van der Waals surface area contributed by atoms with Crippen molar-refractivity contribution in [2.24, 2.45) is 0 Å². The fourth-order valence-electron chi connectivity index (χ4n) is 3.11. The van der Waals surface area contributed by atoms with Gasteiger partial charge in [-0.2, -0.15) is 5.10 Å². The van der Waals surface area contributed by atoms with Gasteiger partial charge in [0.25, 0.3) is 11.8 Å². The quantitative estimate of drug-likeness (QED) is 0.521. The molecule has 0 saturated carbocycles. The van der Waals surface area contributed by atoms with Crippen molar-refractivity contribution in [1.29, 1.82) is 0 Å². The number of aryl methyl sites for hydroxylation is 2. The number of amides is 2. The Morgan fingerprint density at radius 2 is 1.81 bits per heavy atom. The lowest BCUT2D eigenvalue weighted by Crippen LogP contribution is -2.27. The Kier molecular flexibility index (Phi) is 7.44. The Morgan fingerprint density at radius 1 is 1.06 bits per heavy atom. The second-order valence-corrected chi connectivity index (χ2v) is 7.59. The smallest absolute Gasteiger partial charge is 0.255 e. The number of benzene rings is 2. The molecule has 0 bridgehead atoms. The molecule has 31 heavy (non-hydrogen) atoms. The van der Waals surface area contributed by atoms with Crippen LogP contribution in [0.15, 0.2) is 48.5 Å². The highest BCUT2D eigenvalue weighted by Gasteiger charge is 2.12. The van der Waals surface area contributed by atoms with E-state index in [1.807, 2.05) is 36.7 Å². The minimum Gasteiger partial charge on any atom is -0.383 e. The van der Waals surface area contributed by atoms with E-state index in [1.54, 1.807) is 37.4 Å². The van der Waals surface area contributed by atoms with Gasteiger partial charge >= 0.3 is 0 Å². The average molecular weight is 441 g/mol. The zero-order valence-corrected chi connectivity index (χ0v) is 18.5. The Morgan fingerprint density at radius 3 is 2.42 bits per heavy atom. The van der Waals surface area contributed by atoms with Crippen LogP contribution in [0.4, 0.5) is 5.69 Å². The molecular weight excluding hydrogens is 416 g/mol. The highest BCUT2D eigenvalue weighted by atomic mass is 35.5. The van der Waals surface area contributed by atoms with Gasteiger partial charge in [-0.3, -0.25) is 14.3 Å². The van der Waals surface area contributed by atoms with E-state index in [0.717, 1.165) is 17.0 Å². The molecule has 7 nitrogen and oxygen atoms in total. The zero-order valence-electron chi connectivity index (χ0n) is 17.7. The van der Waals surface area contributed by atoms with Crippen molar-refractivity contribution in [3.8, 4) is 0 Å². The van der Waals surface area contributed by atoms with Crippen LogP contribution in [0.2, 0.25) is 5.02 Å². The van der Waals surface area contributed by atoms with Gasteiger partial charge in [0.1, 0.15) is 0 Å². The molecule has 0 unspecified atom stereocenters. The van der Waals surface area contributed by atoms with Crippen LogP contribution in [0.5, 0.6) is 0 Å². The van der Waals surface area contributed by atoms with Crippen molar-refractivity contribution in [1.82, 2.24) is 15.1 Å². The maximum absolute atomic E-state index is 12.6. The van der Waals surface area contributed by atoms with Crippen molar-refractivity contribution in [2.75, 3.05) is 25.6 Å². The first-order valence-electron chi connectivity index (χ1n) is 9.85. The van der Waals surface area contributed by atoms with E-state index in [0.29, 0.717) is 36.5 Å². The topological polar surface area (TPSA) is 85.3 Å². The van der Waals surface area contributed by atoms with Crippen LogP contribution in [0.25, 0.3) is 0 Å². The predicted molar refractivity (Wildman–Crippen MR) is 121 cm³/mol. The molecule has 2 N–H and O–H groups in total. The Bertz CT molecular complexity index is 1080. The number of rotatable bonds is 8. The molecule has 1 aromatic heterocycles. The summed E-state index contributed by atoms with van der Waals surface area (Å²) in [4.78, 5) is 24.7. The van der Waals surface area contributed by atoms with Crippen LogP contribution in [-0.4, -0.2) is 41.9 Å². The van der Waals surface area contributed by atoms with Crippen molar-refractivity contribution in [3.63, 3.8) is 0 Å². The number of halogens is 1. The molecule has 2 amide bonds. The molecule has 1 heterocycles. The number of anilines is 1. The van der Waals surface area contributed by atoms with Gasteiger partial charge in [0.15, 0.2) is 0 Å². The van der Waals surface area contributed by atoms with E-state index in [-0.39, 0.29) is 16.8 Å². The summed E-state index contributed by atoms with van der Waals surface area (Å²) in [6.07, 6.45) is 0. The second-order valence-electron chi connectivity index (χ2n) is 7.18. The first-order valence-corrected chi connectivity index (χ1v) is 10.2. The highest BCUT2D eigenvalue weighted by Crippen LogP contribution is 2.22. The third-order valence-electron chi connectivity index (χ3n) is 4.72. The largest absolute Gasteiger partial charge is 0.383 e. The summed E-state index contributed by atoms with van der Waals surface area (Å²) in [5.74, 6) is -0.552. The van der Waals surface area contributed by atoms with Crippen molar-refractivity contribution in [2.45, 2.75) is 20.4 Å². The SMILES string of the molecule is COCCNC(=O)c1ccc(NC(=O)c2ccc(Cn3nc(C)cc3C)cc2)cc1Cl. The van der Waals surface area contributed by atoms with Crippen LogP contribution in [-0.2, 0) is 11.3 Å². The maximum atomic E-state index is 12.6. The number of carbonyl (C=O) groups excluding carboxylic acids is 2. The molecule has 3 rings (SSSR count). The predicted octanol–water partition coefficient (Wildman–Crippen LogP) is 3.83. The van der Waals surface area contributed by atoms with Crippen LogP contribution >= 0.6 is 11.6 Å². The van der Waals surface area contributed by atoms with Crippen LogP contribution in [0.1, 0.15) is 37.7 Å². The van der Waals surface area contributed by atoms with E-state index < -0.39 is 0 Å². The molecule has 0 fully saturated rings. The van der Waals surface area contributed by atoms with Crippen molar-refractivity contribution < 1.29 is 14.3 Å². The van der Waals surface area contributed by atoms with Gasteiger partial charge in [0, 0.05) is 30.6 Å².